The van der Waals surface area contributed by atoms with Gasteiger partial charge in [0.15, 0.2) is 5.79 Å². The largest absolute Gasteiger partial charge is 0.397 e. The van der Waals surface area contributed by atoms with Crippen molar-refractivity contribution in [1.29, 1.82) is 0 Å². The Morgan fingerprint density at radius 3 is 2.84 bits per heavy atom. The molecule has 6 nitrogen and oxygen atoms in total. The van der Waals surface area contributed by atoms with Crippen LogP contribution < -0.4 is 10.6 Å². The molecule has 3 heterocycles. The summed E-state index contributed by atoms with van der Waals surface area (Å²) >= 11 is 0. The lowest BCUT2D eigenvalue weighted by atomic mass is 9.93. The minimum Gasteiger partial charge on any atom is -0.397 e. The van der Waals surface area contributed by atoms with Gasteiger partial charge in [0.2, 0.25) is 0 Å². The summed E-state index contributed by atoms with van der Waals surface area (Å²) in [6.45, 7) is 3.56. The molecule has 5 rings (SSSR count). The second-order valence-electron chi connectivity index (χ2n) is 7.34. The molecule has 0 bridgehead atoms. The van der Waals surface area contributed by atoms with E-state index in [0.717, 1.165) is 36.2 Å². The van der Waals surface area contributed by atoms with Crippen molar-refractivity contribution in [1.82, 2.24) is 9.78 Å². The topological polar surface area (TPSA) is 65.5 Å². The average Bonchev–Trinajstić information content (AvgIpc) is 3.33. The number of anilines is 2. The maximum absolute atomic E-state index is 6.27. The van der Waals surface area contributed by atoms with Crippen LogP contribution in [-0.4, -0.2) is 35.8 Å². The molecular weight excluding hydrogens is 316 g/mol. The van der Waals surface area contributed by atoms with Crippen LogP contribution in [0.3, 0.4) is 0 Å². The van der Waals surface area contributed by atoms with E-state index in [-0.39, 0.29) is 12.1 Å². The smallest absolute Gasteiger partial charge is 0.190 e. The predicted octanol–water partition coefficient (Wildman–Crippen LogP) is 3.11. The van der Waals surface area contributed by atoms with E-state index in [1.807, 2.05) is 18.3 Å². The first-order chi connectivity index (χ1) is 12.1. The fraction of sp³-hybridized carbons (Fsp3) is 0.526. The van der Waals surface area contributed by atoms with E-state index in [2.05, 4.69) is 29.6 Å². The van der Waals surface area contributed by atoms with Crippen molar-refractivity contribution < 1.29 is 9.47 Å². The number of fused-ring (bicyclic) bond motifs is 3. The van der Waals surface area contributed by atoms with Crippen LogP contribution in [0.5, 0.6) is 0 Å². The van der Waals surface area contributed by atoms with Crippen molar-refractivity contribution in [2.24, 2.45) is 0 Å². The van der Waals surface area contributed by atoms with E-state index in [1.54, 1.807) is 0 Å². The summed E-state index contributed by atoms with van der Waals surface area (Å²) in [6, 6.07) is 6.43. The van der Waals surface area contributed by atoms with Crippen molar-refractivity contribution in [2.45, 2.75) is 44.1 Å². The summed E-state index contributed by atoms with van der Waals surface area (Å²) in [5.74, 6) is -0.492. The van der Waals surface area contributed by atoms with E-state index in [9.17, 15) is 0 Å². The number of para-hydroxylation sites is 1. The van der Waals surface area contributed by atoms with Crippen LogP contribution >= 0.6 is 0 Å². The molecule has 1 aliphatic carbocycles. The molecule has 2 unspecified atom stereocenters. The van der Waals surface area contributed by atoms with E-state index in [0.29, 0.717) is 13.2 Å². The Morgan fingerprint density at radius 1 is 1.24 bits per heavy atom. The minimum atomic E-state index is -0.492. The monoisotopic (exact) mass is 340 g/mol. The number of nitrogens with two attached hydrogens (primary N) is 1. The maximum Gasteiger partial charge on any atom is 0.190 e. The zero-order valence-corrected chi connectivity index (χ0v) is 14.7. The predicted molar refractivity (Wildman–Crippen MR) is 96.4 cm³/mol. The Balaban J connectivity index is 1.67. The van der Waals surface area contributed by atoms with Gasteiger partial charge in [0.1, 0.15) is 6.04 Å². The quantitative estimate of drug-likeness (QED) is 0.808. The fourth-order valence-electron chi connectivity index (χ4n) is 4.84. The van der Waals surface area contributed by atoms with Crippen LogP contribution in [-0.2, 0) is 9.47 Å². The first kappa shape index (κ1) is 15.2. The Morgan fingerprint density at radius 2 is 2.04 bits per heavy atom. The van der Waals surface area contributed by atoms with Gasteiger partial charge in [-0.2, -0.15) is 5.10 Å². The summed E-state index contributed by atoms with van der Waals surface area (Å²) in [7, 11) is 2.10. The summed E-state index contributed by atoms with van der Waals surface area (Å²) in [5, 5.41) is 4.80. The molecule has 0 radical (unpaired) electrons. The molecular formula is C19H24N4O2. The summed E-state index contributed by atoms with van der Waals surface area (Å²) in [4.78, 5) is 2.25. The Kier molecular flexibility index (Phi) is 3.18. The van der Waals surface area contributed by atoms with Crippen LogP contribution in [0.2, 0.25) is 0 Å². The van der Waals surface area contributed by atoms with Crippen molar-refractivity contribution >= 4 is 11.4 Å². The molecule has 1 saturated heterocycles. The molecule has 2 aliphatic heterocycles. The van der Waals surface area contributed by atoms with Crippen molar-refractivity contribution in [3.63, 3.8) is 0 Å². The van der Waals surface area contributed by atoms with Gasteiger partial charge in [-0.1, -0.05) is 12.1 Å². The number of aromatic nitrogens is 2. The zero-order chi connectivity index (χ0) is 17.2. The lowest BCUT2D eigenvalue weighted by Crippen LogP contribution is -2.39. The van der Waals surface area contributed by atoms with Crippen LogP contribution in [0, 0.1) is 0 Å². The summed E-state index contributed by atoms with van der Waals surface area (Å²) in [5.41, 5.74) is 11.7. The van der Waals surface area contributed by atoms with Gasteiger partial charge in [-0.3, -0.25) is 4.68 Å². The van der Waals surface area contributed by atoms with Gasteiger partial charge < -0.3 is 20.1 Å². The van der Waals surface area contributed by atoms with Crippen LogP contribution in [0.15, 0.2) is 24.4 Å². The minimum absolute atomic E-state index is 0.136. The highest BCUT2D eigenvalue weighted by Gasteiger charge is 2.50. The normalized spacial score (nSPS) is 26.9. The molecule has 6 heteroatoms. The molecule has 132 valence electrons. The van der Waals surface area contributed by atoms with Gasteiger partial charge in [-0.25, -0.2) is 0 Å². The fourth-order valence-corrected chi connectivity index (χ4v) is 4.84. The van der Waals surface area contributed by atoms with Gasteiger partial charge in [-0.05, 0) is 25.8 Å². The summed E-state index contributed by atoms with van der Waals surface area (Å²) < 4.78 is 14.3. The van der Waals surface area contributed by atoms with Crippen molar-refractivity contribution in [3.05, 3.63) is 30.1 Å². The zero-order valence-electron chi connectivity index (χ0n) is 14.7. The van der Waals surface area contributed by atoms with E-state index in [4.69, 9.17) is 20.3 Å². The number of nitrogen functional groups attached to an aromatic ring is 1. The van der Waals surface area contributed by atoms with Crippen molar-refractivity contribution in [2.75, 3.05) is 30.9 Å². The standard InChI is InChI=1S/C19H24N4O2/c1-12-17-14(13-5-3-6-15(20)18(13)22(12)2)11-21-23(17)16-7-4-8-19(16)24-9-10-25-19/h3,5-6,11-12,16H,4,7-10,20H2,1-2H3. The van der Waals surface area contributed by atoms with Crippen molar-refractivity contribution in [3.8, 4) is 11.1 Å². The lowest BCUT2D eigenvalue weighted by molar-refractivity contribution is -0.178. The van der Waals surface area contributed by atoms with Gasteiger partial charge in [0.05, 0.1) is 42.5 Å². The van der Waals surface area contributed by atoms with E-state index >= 15 is 0 Å². The number of nitrogens with zero attached hydrogens (tertiary/aromatic N) is 3. The number of ether oxygens (including phenoxy) is 2. The van der Waals surface area contributed by atoms with Crippen LogP contribution in [0.1, 0.15) is 44.0 Å². The molecule has 3 aliphatic rings. The van der Waals surface area contributed by atoms with E-state index in [1.165, 1.54) is 11.3 Å². The number of benzene rings is 1. The molecule has 2 aromatic rings. The highest BCUT2D eigenvalue weighted by molar-refractivity contribution is 5.90. The highest BCUT2D eigenvalue weighted by Crippen LogP contribution is 2.51. The Labute approximate surface area is 147 Å². The second kappa shape index (κ2) is 5.22. The first-order valence-corrected chi connectivity index (χ1v) is 9.09. The number of rotatable bonds is 1. The van der Waals surface area contributed by atoms with Gasteiger partial charge in [-0.15, -0.1) is 0 Å². The third-order valence-corrected chi connectivity index (χ3v) is 6.10. The molecule has 1 spiro atoms. The second-order valence-corrected chi connectivity index (χ2v) is 7.34. The van der Waals surface area contributed by atoms with Crippen LogP contribution in [0.4, 0.5) is 11.4 Å². The van der Waals surface area contributed by atoms with Gasteiger partial charge in [0, 0.05) is 24.6 Å². The molecule has 25 heavy (non-hydrogen) atoms. The van der Waals surface area contributed by atoms with E-state index < -0.39 is 5.79 Å². The Hall–Kier alpha value is -2.05. The molecule has 0 amide bonds. The third kappa shape index (κ3) is 1.95. The number of hydrogen-bond donors (Lipinski definition) is 1. The molecule has 1 aromatic carbocycles. The van der Waals surface area contributed by atoms with Gasteiger partial charge in [0.25, 0.3) is 0 Å². The Bertz CT molecular complexity index is 819. The number of hydrogen-bond acceptors (Lipinski definition) is 5. The molecule has 2 atom stereocenters. The summed E-state index contributed by atoms with van der Waals surface area (Å²) in [6.07, 6.45) is 5.07. The SMILES string of the molecule is CC1c2c(cnn2C2CCCC23OCCO3)-c2cccc(N)c2N1C. The van der Waals surface area contributed by atoms with Crippen LogP contribution in [0.25, 0.3) is 11.1 Å². The average molecular weight is 340 g/mol. The lowest BCUT2D eigenvalue weighted by Gasteiger charge is -2.37. The molecule has 2 fully saturated rings. The first-order valence-electron chi connectivity index (χ1n) is 9.09. The molecule has 2 N–H and O–H groups in total. The highest BCUT2D eigenvalue weighted by atomic mass is 16.7. The third-order valence-electron chi connectivity index (χ3n) is 6.10. The molecule has 1 aromatic heterocycles. The van der Waals surface area contributed by atoms with Gasteiger partial charge >= 0.3 is 0 Å². The molecule has 1 saturated carbocycles. The maximum atomic E-state index is 6.27.